The lowest BCUT2D eigenvalue weighted by atomic mass is 10.1. The molecule has 1 amide bonds. The number of hydrogen-bond acceptors (Lipinski definition) is 4. The molecule has 0 bridgehead atoms. The van der Waals surface area contributed by atoms with Gasteiger partial charge in [0.2, 0.25) is 6.79 Å². The number of nitrogens with zero attached hydrogens (tertiary/aromatic N) is 1. The summed E-state index contributed by atoms with van der Waals surface area (Å²) in [5.41, 5.74) is 2.15. The topological polar surface area (TPSA) is 71.4 Å². The fraction of sp³-hybridized carbons (Fsp3) is 0.111. The van der Waals surface area contributed by atoms with Crippen LogP contribution in [-0.4, -0.2) is 12.7 Å². The van der Waals surface area contributed by atoms with Gasteiger partial charge >= 0.3 is 0 Å². The Bertz CT molecular complexity index is 867. The van der Waals surface area contributed by atoms with Gasteiger partial charge in [-0.1, -0.05) is 29.3 Å². The van der Waals surface area contributed by atoms with Gasteiger partial charge in [-0.3, -0.25) is 4.79 Å². The summed E-state index contributed by atoms with van der Waals surface area (Å²) < 4.78 is 10.5. The zero-order valence-electron chi connectivity index (χ0n) is 12.8. The van der Waals surface area contributed by atoms with E-state index < -0.39 is 5.91 Å². The molecule has 120 valence electrons. The number of carbonyl (C=O) groups excluding carboxylic acids is 1. The number of benzene rings is 2. The first-order valence-electron chi connectivity index (χ1n) is 7.16. The monoisotopic (exact) mass is 340 g/mol. The Kier molecular flexibility index (Phi) is 4.41. The van der Waals surface area contributed by atoms with E-state index in [1.54, 1.807) is 24.3 Å². The third-order valence-corrected chi connectivity index (χ3v) is 3.79. The number of ether oxygens (including phenoxy) is 2. The number of aryl methyl sites for hydroxylation is 1. The smallest absolute Gasteiger partial charge is 0.266 e. The average molecular weight is 341 g/mol. The molecule has 1 aliphatic rings. The van der Waals surface area contributed by atoms with Crippen LogP contribution in [0, 0.1) is 18.3 Å². The van der Waals surface area contributed by atoms with Crippen molar-refractivity contribution in [3.05, 3.63) is 58.1 Å². The molecule has 0 atom stereocenters. The fourth-order valence-corrected chi connectivity index (χ4v) is 2.39. The van der Waals surface area contributed by atoms with Crippen molar-refractivity contribution in [2.45, 2.75) is 6.92 Å². The molecule has 1 aliphatic heterocycles. The molecule has 1 heterocycles. The largest absolute Gasteiger partial charge is 0.454 e. The molecule has 0 saturated carbocycles. The molecule has 0 fully saturated rings. The Morgan fingerprint density at radius 1 is 1.25 bits per heavy atom. The summed E-state index contributed by atoms with van der Waals surface area (Å²) in [6, 6.07) is 12.4. The molecule has 2 aromatic rings. The van der Waals surface area contributed by atoms with Gasteiger partial charge in [-0.05, 0) is 36.8 Å². The number of hydrogen-bond donors (Lipinski definition) is 1. The highest BCUT2D eigenvalue weighted by molar-refractivity contribution is 6.32. The second-order valence-electron chi connectivity index (χ2n) is 5.22. The number of anilines is 1. The molecule has 1 N–H and O–H groups in total. The van der Waals surface area contributed by atoms with Gasteiger partial charge in [0.15, 0.2) is 11.5 Å². The summed E-state index contributed by atoms with van der Waals surface area (Å²) in [7, 11) is 0. The lowest BCUT2D eigenvalue weighted by Crippen LogP contribution is -2.13. The van der Waals surface area contributed by atoms with Crippen LogP contribution in [0.1, 0.15) is 11.1 Å². The second kappa shape index (κ2) is 6.65. The van der Waals surface area contributed by atoms with Crippen molar-refractivity contribution in [2.24, 2.45) is 0 Å². The van der Waals surface area contributed by atoms with Crippen LogP contribution >= 0.6 is 11.6 Å². The van der Waals surface area contributed by atoms with E-state index in [9.17, 15) is 10.1 Å². The highest BCUT2D eigenvalue weighted by Gasteiger charge is 2.17. The lowest BCUT2D eigenvalue weighted by molar-refractivity contribution is -0.112. The van der Waals surface area contributed by atoms with Crippen LogP contribution in [0.5, 0.6) is 11.5 Å². The molecular weight excluding hydrogens is 328 g/mol. The Morgan fingerprint density at radius 2 is 1.92 bits per heavy atom. The van der Waals surface area contributed by atoms with E-state index in [0.717, 1.165) is 5.56 Å². The van der Waals surface area contributed by atoms with Gasteiger partial charge in [0.1, 0.15) is 11.6 Å². The van der Waals surface area contributed by atoms with E-state index in [4.69, 9.17) is 21.1 Å². The molecule has 24 heavy (non-hydrogen) atoms. The molecule has 5 nitrogen and oxygen atoms in total. The first-order chi connectivity index (χ1) is 11.6. The minimum atomic E-state index is -0.505. The zero-order valence-corrected chi connectivity index (χ0v) is 13.6. The minimum absolute atomic E-state index is 0.0589. The Hall–Kier alpha value is -2.97. The maximum atomic E-state index is 12.3. The van der Waals surface area contributed by atoms with Crippen molar-refractivity contribution in [1.29, 1.82) is 5.26 Å². The van der Waals surface area contributed by atoms with Crippen LogP contribution in [0.4, 0.5) is 5.69 Å². The summed E-state index contributed by atoms with van der Waals surface area (Å²) in [6.45, 7) is 2.08. The Balaban J connectivity index is 1.85. The summed E-state index contributed by atoms with van der Waals surface area (Å²) in [5, 5.41) is 12.3. The molecule has 6 heteroatoms. The molecule has 0 radical (unpaired) electrons. The number of halogens is 1. The van der Waals surface area contributed by atoms with Crippen LogP contribution in [0.2, 0.25) is 5.02 Å². The molecular formula is C18H13ClN2O3. The van der Waals surface area contributed by atoms with Crippen molar-refractivity contribution < 1.29 is 14.3 Å². The van der Waals surface area contributed by atoms with Crippen LogP contribution in [0.25, 0.3) is 6.08 Å². The van der Waals surface area contributed by atoms with Crippen LogP contribution in [-0.2, 0) is 4.79 Å². The normalized spacial score (nSPS) is 12.6. The van der Waals surface area contributed by atoms with Gasteiger partial charge in [0, 0.05) is 11.8 Å². The van der Waals surface area contributed by atoms with Crippen LogP contribution in [0.3, 0.4) is 0 Å². The van der Waals surface area contributed by atoms with Crippen molar-refractivity contribution in [3.8, 4) is 17.6 Å². The standard InChI is InChI=1S/C18H13ClN2O3/c1-11-2-4-14(5-3-11)21-18(22)13(9-20)6-12-7-16-17(8-15(12)19)24-10-23-16/h2-8H,10H2,1H3,(H,21,22)/b13-6+. The lowest BCUT2D eigenvalue weighted by Gasteiger charge is -2.06. The van der Waals surface area contributed by atoms with Crippen molar-refractivity contribution >= 4 is 29.3 Å². The molecule has 0 spiro atoms. The summed E-state index contributed by atoms with van der Waals surface area (Å²) in [6.07, 6.45) is 1.42. The van der Waals surface area contributed by atoms with Crippen molar-refractivity contribution in [1.82, 2.24) is 0 Å². The van der Waals surface area contributed by atoms with E-state index in [1.807, 2.05) is 25.1 Å². The summed E-state index contributed by atoms with van der Waals surface area (Å²) in [4.78, 5) is 12.3. The first kappa shape index (κ1) is 15.9. The molecule has 0 unspecified atom stereocenters. The molecule has 0 aromatic heterocycles. The maximum Gasteiger partial charge on any atom is 0.266 e. The molecule has 0 aliphatic carbocycles. The highest BCUT2D eigenvalue weighted by atomic mass is 35.5. The minimum Gasteiger partial charge on any atom is -0.454 e. The highest BCUT2D eigenvalue weighted by Crippen LogP contribution is 2.37. The zero-order chi connectivity index (χ0) is 17.1. The third-order valence-electron chi connectivity index (χ3n) is 3.47. The average Bonchev–Trinajstić information content (AvgIpc) is 3.01. The van der Waals surface area contributed by atoms with Gasteiger partial charge in [0.05, 0.1) is 5.02 Å². The van der Waals surface area contributed by atoms with Crippen molar-refractivity contribution in [3.63, 3.8) is 0 Å². The Morgan fingerprint density at radius 3 is 2.58 bits per heavy atom. The second-order valence-corrected chi connectivity index (χ2v) is 5.62. The summed E-state index contributed by atoms with van der Waals surface area (Å²) >= 11 is 6.17. The maximum absolute atomic E-state index is 12.3. The predicted molar refractivity (Wildman–Crippen MR) is 91.0 cm³/mol. The number of nitriles is 1. The van der Waals surface area contributed by atoms with E-state index >= 15 is 0 Å². The van der Waals surface area contributed by atoms with E-state index in [0.29, 0.717) is 27.8 Å². The third kappa shape index (κ3) is 3.34. The van der Waals surface area contributed by atoms with Gasteiger partial charge in [-0.2, -0.15) is 5.26 Å². The van der Waals surface area contributed by atoms with E-state index in [1.165, 1.54) is 6.08 Å². The van der Waals surface area contributed by atoms with Crippen LogP contribution < -0.4 is 14.8 Å². The number of rotatable bonds is 3. The number of nitrogens with one attached hydrogen (secondary N) is 1. The molecule has 0 saturated heterocycles. The first-order valence-corrected chi connectivity index (χ1v) is 7.53. The van der Waals surface area contributed by atoms with Gasteiger partial charge in [-0.15, -0.1) is 0 Å². The number of carbonyl (C=O) groups is 1. The number of fused-ring (bicyclic) bond motifs is 1. The molecule has 2 aromatic carbocycles. The van der Waals surface area contributed by atoms with Gasteiger partial charge < -0.3 is 14.8 Å². The van der Waals surface area contributed by atoms with Crippen molar-refractivity contribution in [2.75, 3.05) is 12.1 Å². The van der Waals surface area contributed by atoms with E-state index in [-0.39, 0.29) is 12.4 Å². The summed E-state index contributed by atoms with van der Waals surface area (Å²) in [5.74, 6) is 0.566. The Labute approximate surface area is 144 Å². The number of amides is 1. The van der Waals surface area contributed by atoms with Gasteiger partial charge in [0.25, 0.3) is 5.91 Å². The predicted octanol–water partition coefficient (Wildman–Crippen LogP) is 3.92. The quantitative estimate of drug-likeness (QED) is 0.679. The van der Waals surface area contributed by atoms with Gasteiger partial charge in [-0.25, -0.2) is 0 Å². The van der Waals surface area contributed by atoms with E-state index in [2.05, 4.69) is 5.32 Å². The SMILES string of the molecule is Cc1ccc(NC(=O)/C(C#N)=C/c2cc3c(cc2Cl)OCO3)cc1. The molecule has 3 rings (SSSR count). The fourth-order valence-electron chi connectivity index (χ4n) is 2.18. The van der Waals surface area contributed by atoms with Crippen LogP contribution in [0.15, 0.2) is 42.0 Å².